The third-order valence-corrected chi connectivity index (χ3v) is 3.31. The number of ether oxygens (including phenoxy) is 1. The lowest BCUT2D eigenvalue weighted by Crippen LogP contribution is -2.53. The third-order valence-electron chi connectivity index (χ3n) is 3.31. The lowest BCUT2D eigenvalue weighted by molar-refractivity contribution is -0.142. The fourth-order valence-corrected chi connectivity index (χ4v) is 2.24. The predicted octanol–water partition coefficient (Wildman–Crippen LogP) is 1.46. The molecule has 2 atom stereocenters. The zero-order valence-electron chi connectivity index (χ0n) is 15.8. The van der Waals surface area contributed by atoms with E-state index in [4.69, 9.17) is 4.74 Å². The van der Waals surface area contributed by atoms with Gasteiger partial charge in [-0.2, -0.15) is 0 Å². The van der Waals surface area contributed by atoms with E-state index < -0.39 is 35.7 Å². The van der Waals surface area contributed by atoms with Crippen LogP contribution in [-0.2, 0) is 20.7 Å². The standard InChI is InChI=1S/C17H28N4O5/c1-10(2)6-12(21-16(25)26-17(3,4)5)14(22)20-13(15(23)24)7-11-8-18-9-19-11/h8-10,12-13H,6-7H2,1-5H3,(H,18,19)(H,20,22)(H,21,25)(H,23,24)/t12-,13-/m0/s1. The van der Waals surface area contributed by atoms with Crippen LogP contribution in [0.2, 0.25) is 0 Å². The first-order valence-corrected chi connectivity index (χ1v) is 8.48. The molecule has 9 nitrogen and oxygen atoms in total. The highest BCUT2D eigenvalue weighted by Gasteiger charge is 2.29. The van der Waals surface area contributed by atoms with E-state index in [2.05, 4.69) is 20.6 Å². The first-order valence-electron chi connectivity index (χ1n) is 8.48. The Morgan fingerprint density at radius 2 is 1.88 bits per heavy atom. The lowest BCUT2D eigenvalue weighted by atomic mass is 10.0. The fourth-order valence-electron chi connectivity index (χ4n) is 2.24. The number of amides is 2. The Morgan fingerprint density at radius 1 is 1.23 bits per heavy atom. The van der Waals surface area contributed by atoms with Crippen molar-refractivity contribution in [3.63, 3.8) is 0 Å². The highest BCUT2D eigenvalue weighted by molar-refractivity contribution is 5.89. The van der Waals surface area contributed by atoms with Crippen molar-refractivity contribution >= 4 is 18.0 Å². The number of H-pyrrole nitrogens is 1. The number of alkyl carbamates (subject to hydrolysis) is 1. The molecule has 0 saturated heterocycles. The van der Waals surface area contributed by atoms with Gasteiger partial charge in [-0.15, -0.1) is 0 Å². The van der Waals surface area contributed by atoms with Gasteiger partial charge < -0.3 is 25.5 Å². The van der Waals surface area contributed by atoms with Gasteiger partial charge >= 0.3 is 12.1 Å². The van der Waals surface area contributed by atoms with E-state index in [1.54, 1.807) is 20.8 Å². The second kappa shape index (κ2) is 9.21. The van der Waals surface area contributed by atoms with Gasteiger partial charge in [0.1, 0.15) is 17.7 Å². The number of carbonyl (C=O) groups excluding carboxylic acids is 2. The normalized spacial score (nSPS) is 13.8. The van der Waals surface area contributed by atoms with Crippen LogP contribution < -0.4 is 10.6 Å². The van der Waals surface area contributed by atoms with Gasteiger partial charge in [0.05, 0.1) is 6.33 Å². The second-order valence-electron chi connectivity index (χ2n) is 7.51. The van der Waals surface area contributed by atoms with Gasteiger partial charge in [-0.3, -0.25) is 4.79 Å². The van der Waals surface area contributed by atoms with Gasteiger partial charge in [-0.25, -0.2) is 14.6 Å². The number of hydrogen-bond acceptors (Lipinski definition) is 5. The highest BCUT2D eigenvalue weighted by atomic mass is 16.6. The van der Waals surface area contributed by atoms with E-state index in [-0.39, 0.29) is 12.3 Å². The topological polar surface area (TPSA) is 133 Å². The van der Waals surface area contributed by atoms with Gasteiger partial charge in [0.15, 0.2) is 0 Å². The second-order valence-corrected chi connectivity index (χ2v) is 7.51. The van der Waals surface area contributed by atoms with Crippen LogP contribution in [-0.4, -0.2) is 50.7 Å². The number of imidazole rings is 1. The molecule has 146 valence electrons. The summed E-state index contributed by atoms with van der Waals surface area (Å²) >= 11 is 0. The van der Waals surface area contributed by atoms with E-state index in [0.29, 0.717) is 12.1 Å². The Bertz CT molecular complexity index is 607. The number of aromatic nitrogens is 2. The minimum Gasteiger partial charge on any atom is -0.480 e. The SMILES string of the molecule is CC(C)C[C@H](NC(=O)OC(C)(C)C)C(=O)N[C@@H](Cc1cnc[nH]1)C(=O)O. The summed E-state index contributed by atoms with van der Waals surface area (Å²) in [6, 6.07) is -2.04. The predicted molar refractivity (Wildman–Crippen MR) is 94.5 cm³/mol. The molecule has 4 N–H and O–H groups in total. The zero-order chi connectivity index (χ0) is 19.9. The molecule has 1 aromatic heterocycles. The van der Waals surface area contributed by atoms with E-state index in [1.807, 2.05) is 13.8 Å². The Hall–Kier alpha value is -2.58. The number of carbonyl (C=O) groups is 3. The molecule has 0 unspecified atom stereocenters. The average Bonchev–Trinajstić information content (AvgIpc) is 2.96. The van der Waals surface area contributed by atoms with Gasteiger partial charge in [-0.05, 0) is 33.1 Å². The number of carboxylic acid groups (broad SMARTS) is 1. The van der Waals surface area contributed by atoms with Gasteiger partial charge in [0, 0.05) is 18.3 Å². The van der Waals surface area contributed by atoms with Crippen molar-refractivity contribution in [2.24, 2.45) is 5.92 Å². The summed E-state index contributed by atoms with van der Waals surface area (Å²) in [4.78, 5) is 42.6. The first kappa shape index (κ1) is 21.5. The maximum atomic E-state index is 12.6. The molecule has 26 heavy (non-hydrogen) atoms. The van der Waals surface area contributed by atoms with E-state index >= 15 is 0 Å². The molecule has 9 heteroatoms. The smallest absolute Gasteiger partial charge is 0.408 e. The maximum Gasteiger partial charge on any atom is 0.408 e. The van der Waals surface area contributed by atoms with Crippen molar-refractivity contribution in [3.05, 3.63) is 18.2 Å². The van der Waals surface area contributed by atoms with Crippen molar-refractivity contribution in [2.45, 2.75) is 65.1 Å². The zero-order valence-corrected chi connectivity index (χ0v) is 15.8. The molecule has 0 aliphatic rings. The van der Waals surface area contributed by atoms with Crippen LogP contribution in [0.4, 0.5) is 4.79 Å². The Labute approximate surface area is 152 Å². The number of rotatable bonds is 8. The molecule has 0 spiro atoms. The molecule has 0 aliphatic heterocycles. The van der Waals surface area contributed by atoms with Crippen LogP contribution in [0, 0.1) is 5.92 Å². The van der Waals surface area contributed by atoms with Crippen molar-refractivity contribution in [2.75, 3.05) is 0 Å². The van der Waals surface area contributed by atoms with Crippen molar-refractivity contribution < 1.29 is 24.2 Å². The monoisotopic (exact) mass is 368 g/mol. The van der Waals surface area contributed by atoms with Crippen LogP contribution in [0.5, 0.6) is 0 Å². The molecular formula is C17H28N4O5. The lowest BCUT2D eigenvalue weighted by Gasteiger charge is -2.25. The minimum atomic E-state index is -1.17. The number of nitrogens with one attached hydrogen (secondary N) is 3. The molecule has 2 amide bonds. The summed E-state index contributed by atoms with van der Waals surface area (Å²) in [5, 5.41) is 14.4. The van der Waals surface area contributed by atoms with E-state index in [1.165, 1.54) is 12.5 Å². The summed E-state index contributed by atoms with van der Waals surface area (Å²) in [5.74, 6) is -1.64. The number of carboxylic acids is 1. The van der Waals surface area contributed by atoms with Crippen molar-refractivity contribution in [1.82, 2.24) is 20.6 Å². The summed E-state index contributed by atoms with van der Waals surface area (Å²) in [7, 11) is 0. The molecule has 0 saturated carbocycles. The highest BCUT2D eigenvalue weighted by Crippen LogP contribution is 2.10. The number of aromatic amines is 1. The average molecular weight is 368 g/mol. The fraction of sp³-hybridized carbons (Fsp3) is 0.647. The van der Waals surface area contributed by atoms with Crippen LogP contribution in [0.1, 0.15) is 46.7 Å². The number of aliphatic carboxylic acids is 1. The summed E-state index contributed by atoms with van der Waals surface area (Å²) in [5.41, 5.74) is -0.120. The number of nitrogens with zero attached hydrogens (tertiary/aromatic N) is 1. The van der Waals surface area contributed by atoms with Crippen molar-refractivity contribution in [1.29, 1.82) is 0 Å². The third kappa shape index (κ3) is 8.00. The minimum absolute atomic E-state index is 0.0574. The summed E-state index contributed by atoms with van der Waals surface area (Å²) in [6.07, 6.45) is 2.61. The van der Waals surface area contributed by atoms with Crippen LogP contribution in [0.25, 0.3) is 0 Å². The van der Waals surface area contributed by atoms with Crippen LogP contribution >= 0.6 is 0 Å². The maximum absolute atomic E-state index is 12.6. The van der Waals surface area contributed by atoms with Gasteiger partial charge in [0.25, 0.3) is 0 Å². The molecular weight excluding hydrogens is 340 g/mol. The van der Waals surface area contributed by atoms with Crippen LogP contribution in [0.15, 0.2) is 12.5 Å². The summed E-state index contributed by atoms with van der Waals surface area (Å²) in [6.45, 7) is 8.95. The van der Waals surface area contributed by atoms with E-state index in [9.17, 15) is 19.5 Å². The first-order chi connectivity index (χ1) is 12.0. The quantitative estimate of drug-likeness (QED) is 0.549. The van der Waals surface area contributed by atoms with Crippen LogP contribution in [0.3, 0.4) is 0 Å². The van der Waals surface area contributed by atoms with Crippen molar-refractivity contribution in [3.8, 4) is 0 Å². The molecule has 0 radical (unpaired) electrons. The van der Waals surface area contributed by atoms with E-state index in [0.717, 1.165) is 0 Å². The molecule has 1 aromatic rings. The van der Waals surface area contributed by atoms with Gasteiger partial charge in [0.2, 0.25) is 5.91 Å². The summed E-state index contributed by atoms with van der Waals surface area (Å²) < 4.78 is 5.18. The Kier molecular flexibility index (Phi) is 7.60. The largest absolute Gasteiger partial charge is 0.480 e. The Balaban J connectivity index is 2.79. The molecule has 0 fully saturated rings. The molecule has 1 heterocycles. The molecule has 1 rings (SSSR count). The Morgan fingerprint density at radius 3 is 2.35 bits per heavy atom. The molecule has 0 aromatic carbocycles. The molecule has 0 bridgehead atoms. The van der Waals surface area contributed by atoms with Gasteiger partial charge in [-0.1, -0.05) is 13.8 Å². The number of hydrogen-bond donors (Lipinski definition) is 4. The molecule has 0 aliphatic carbocycles.